The van der Waals surface area contributed by atoms with Crippen molar-refractivity contribution in [3.05, 3.63) is 21.6 Å². The number of ether oxygens (including phenoxy) is 1. The third kappa shape index (κ3) is 3.45. The molecule has 6 heteroatoms. The molecule has 0 aromatic heterocycles. The zero-order valence-corrected chi connectivity index (χ0v) is 13.6. The van der Waals surface area contributed by atoms with Gasteiger partial charge in [0.15, 0.2) is 5.75 Å². The summed E-state index contributed by atoms with van der Waals surface area (Å²) in [7, 11) is 1.55. The lowest BCUT2D eigenvalue weighted by atomic mass is 9.84. The molecule has 2 rings (SSSR count). The molecular formula is C14H18BrClN2O2. The molecule has 2 atom stereocenters. The summed E-state index contributed by atoms with van der Waals surface area (Å²) in [6.07, 6.45) is 3.87. The van der Waals surface area contributed by atoms with Crippen LogP contribution in [0.15, 0.2) is 16.6 Å². The van der Waals surface area contributed by atoms with Gasteiger partial charge in [0.2, 0.25) is 5.91 Å². The number of rotatable bonds is 3. The maximum atomic E-state index is 12.4. The number of carbonyl (C=O) groups excluding carboxylic acids is 1. The van der Waals surface area contributed by atoms with E-state index in [-0.39, 0.29) is 17.9 Å². The molecule has 0 aliphatic heterocycles. The Morgan fingerprint density at radius 1 is 1.45 bits per heavy atom. The van der Waals surface area contributed by atoms with Crippen LogP contribution in [0.2, 0.25) is 5.02 Å². The van der Waals surface area contributed by atoms with E-state index < -0.39 is 0 Å². The second kappa shape index (κ2) is 6.78. The lowest BCUT2D eigenvalue weighted by Crippen LogP contribution is -2.40. The Kier molecular flexibility index (Phi) is 5.29. The zero-order chi connectivity index (χ0) is 14.7. The van der Waals surface area contributed by atoms with E-state index >= 15 is 0 Å². The molecule has 0 bridgehead atoms. The fourth-order valence-electron chi connectivity index (χ4n) is 2.57. The van der Waals surface area contributed by atoms with E-state index in [9.17, 15) is 4.79 Å². The van der Waals surface area contributed by atoms with E-state index in [0.717, 1.165) is 25.7 Å². The van der Waals surface area contributed by atoms with Gasteiger partial charge in [0, 0.05) is 11.1 Å². The molecule has 0 radical (unpaired) electrons. The maximum absolute atomic E-state index is 12.4. The minimum absolute atomic E-state index is 0.0651. The first-order valence-electron chi connectivity index (χ1n) is 6.62. The summed E-state index contributed by atoms with van der Waals surface area (Å²) < 4.78 is 6.00. The molecule has 1 aromatic carbocycles. The highest BCUT2D eigenvalue weighted by atomic mass is 79.9. The molecule has 1 fully saturated rings. The monoisotopic (exact) mass is 360 g/mol. The summed E-state index contributed by atoms with van der Waals surface area (Å²) in [5, 5.41) is 3.41. The lowest BCUT2D eigenvalue weighted by Gasteiger charge is -2.27. The molecule has 0 spiro atoms. The zero-order valence-electron chi connectivity index (χ0n) is 11.3. The fourth-order valence-corrected chi connectivity index (χ4v) is 3.54. The standard InChI is InChI=1S/C14H18BrClN2O2/c1-20-13-10(15)6-8(16)7-12(13)18-14(19)9-4-2-3-5-11(9)17/h6-7,9,11H,2-5,17H2,1H3,(H,18,19). The number of carbonyl (C=O) groups is 1. The van der Waals surface area contributed by atoms with Crippen LogP contribution in [-0.2, 0) is 4.79 Å². The van der Waals surface area contributed by atoms with Crippen molar-refractivity contribution >= 4 is 39.1 Å². The van der Waals surface area contributed by atoms with Crippen LogP contribution in [0.5, 0.6) is 5.75 Å². The van der Waals surface area contributed by atoms with Gasteiger partial charge in [-0.1, -0.05) is 24.4 Å². The summed E-state index contributed by atoms with van der Waals surface area (Å²) >= 11 is 9.39. The van der Waals surface area contributed by atoms with E-state index in [0.29, 0.717) is 20.9 Å². The van der Waals surface area contributed by atoms with Crippen LogP contribution in [0, 0.1) is 5.92 Å². The molecule has 4 nitrogen and oxygen atoms in total. The first kappa shape index (κ1) is 15.6. The molecule has 1 amide bonds. The van der Waals surface area contributed by atoms with Gasteiger partial charge in [0.25, 0.3) is 0 Å². The highest BCUT2D eigenvalue weighted by molar-refractivity contribution is 9.10. The maximum Gasteiger partial charge on any atom is 0.229 e. The Morgan fingerprint density at radius 3 is 2.80 bits per heavy atom. The van der Waals surface area contributed by atoms with Crippen LogP contribution >= 0.6 is 27.5 Å². The molecule has 1 saturated carbocycles. The summed E-state index contributed by atoms with van der Waals surface area (Å²) in [5.74, 6) is 0.350. The van der Waals surface area contributed by atoms with Crippen molar-refractivity contribution in [3.8, 4) is 5.75 Å². The van der Waals surface area contributed by atoms with E-state index in [4.69, 9.17) is 22.1 Å². The smallest absolute Gasteiger partial charge is 0.229 e. The number of anilines is 1. The number of nitrogens with one attached hydrogen (secondary N) is 1. The molecular weight excluding hydrogens is 344 g/mol. The average molecular weight is 362 g/mol. The number of nitrogens with two attached hydrogens (primary N) is 1. The molecule has 3 N–H and O–H groups in total. The van der Waals surface area contributed by atoms with Crippen molar-refractivity contribution in [2.45, 2.75) is 31.7 Å². The van der Waals surface area contributed by atoms with Crippen LogP contribution in [0.3, 0.4) is 0 Å². The topological polar surface area (TPSA) is 64.3 Å². The Balaban J connectivity index is 2.18. The van der Waals surface area contributed by atoms with Gasteiger partial charge in [-0.3, -0.25) is 4.79 Å². The molecule has 1 aromatic rings. The highest BCUT2D eigenvalue weighted by Gasteiger charge is 2.29. The minimum Gasteiger partial charge on any atom is -0.493 e. The van der Waals surface area contributed by atoms with Crippen molar-refractivity contribution in [1.29, 1.82) is 0 Å². The number of benzene rings is 1. The molecule has 0 heterocycles. The van der Waals surface area contributed by atoms with Crippen molar-refractivity contribution < 1.29 is 9.53 Å². The van der Waals surface area contributed by atoms with Gasteiger partial charge in [0.1, 0.15) is 0 Å². The second-order valence-electron chi connectivity index (χ2n) is 5.01. The summed E-state index contributed by atoms with van der Waals surface area (Å²) in [6.45, 7) is 0. The van der Waals surface area contributed by atoms with Crippen LogP contribution in [0.1, 0.15) is 25.7 Å². The van der Waals surface area contributed by atoms with Crippen molar-refractivity contribution in [2.24, 2.45) is 11.7 Å². The summed E-state index contributed by atoms with van der Waals surface area (Å²) in [5.41, 5.74) is 6.60. The van der Waals surface area contributed by atoms with Gasteiger partial charge in [-0.2, -0.15) is 0 Å². The molecule has 1 aliphatic carbocycles. The summed E-state index contributed by atoms with van der Waals surface area (Å²) in [6, 6.07) is 3.33. The second-order valence-corrected chi connectivity index (χ2v) is 6.30. The first-order valence-corrected chi connectivity index (χ1v) is 7.79. The third-order valence-electron chi connectivity index (χ3n) is 3.63. The van der Waals surface area contributed by atoms with E-state index in [1.54, 1.807) is 19.2 Å². The van der Waals surface area contributed by atoms with Gasteiger partial charge in [-0.15, -0.1) is 0 Å². The SMILES string of the molecule is COc1c(Br)cc(Cl)cc1NC(=O)C1CCCCC1N. The predicted octanol–water partition coefficient (Wildman–Crippen LogP) is 3.57. The molecule has 110 valence electrons. The van der Waals surface area contributed by atoms with Crippen LogP contribution in [0.4, 0.5) is 5.69 Å². The molecule has 20 heavy (non-hydrogen) atoms. The quantitative estimate of drug-likeness (QED) is 0.865. The number of amides is 1. The normalized spacial score (nSPS) is 22.4. The van der Waals surface area contributed by atoms with Gasteiger partial charge < -0.3 is 15.8 Å². The van der Waals surface area contributed by atoms with E-state index in [1.807, 2.05) is 0 Å². The van der Waals surface area contributed by atoms with Crippen molar-refractivity contribution in [1.82, 2.24) is 0 Å². The fraction of sp³-hybridized carbons (Fsp3) is 0.500. The van der Waals surface area contributed by atoms with Crippen molar-refractivity contribution in [3.63, 3.8) is 0 Å². The number of hydrogen-bond acceptors (Lipinski definition) is 3. The molecule has 0 saturated heterocycles. The third-order valence-corrected chi connectivity index (χ3v) is 4.43. The highest BCUT2D eigenvalue weighted by Crippen LogP contribution is 2.37. The van der Waals surface area contributed by atoms with Gasteiger partial charge >= 0.3 is 0 Å². The first-order chi connectivity index (χ1) is 9.52. The van der Waals surface area contributed by atoms with Gasteiger partial charge in [-0.25, -0.2) is 0 Å². The Bertz CT molecular complexity index is 510. The lowest BCUT2D eigenvalue weighted by molar-refractivity contribution is -0.121. The number of halogens is 2. The average Bonchev–Trinajstić information content (AvgIpc) is 2.38. The largest absolute Gasteiger partial charge is 0.493 e. The van der Waals surface area contributed by atoms with Gasteiger partial charge in [-0.05, 0) is 40.9 Å². The number of hydrogen-bond donors (Lipinski definition) is 2. The van der Waals surface area contributed by atoms with Crippen molar-refractivity contribution in [2.75, 3.05) is 12.4 Å². The molecule has 2 unspecified atom stereocenters. The van der Waals surface area contributed by atoms with Crippen LogP contribution in [-0.4, -0.2) is 19.1 Å². The van der Waals surface area contributed by atoms with Gasteiger partial charge in [0.05, 0.1) is 23.2 Å². The molecule has 1 aliphatic rings. The Hall–Kier alpha value is -0.780. The van der Waals surface area contributed by atoms with E-state index in [1.165, 1.54) is 0 Å². The Labute approximate surface area is 132 Å². The van der Waals surface area contributed by atoms with Crippen LogP contribution in [0.25, 0.3) is 0 Å². The predicted molar refractivity (Wildman–Crippen MR) is 84.3 cm³/mol. The summed E-state index contributed by atoms with van der Waals surface area (Å²) in [4.78, 5) is 12.4. The minimum atomic E-state index is -0.147. The Morgan fingerprint density at radius 2 is 2.15 bits per heavy atom. The number of methoxy groups -OCH3 is 1. The van der Waals surface area contributed by atoms with E-state index in [2.05, 4.69) is 21.2 Å². The van der Waals surface area contributed by atoms with Crippen LogP contribution < -0.4 is 15.8 Å².